The first-order valence-electron chi connectivity index (χ1n) is 8.52. The maximum absolute atomic E-state index is 6.17. The van der Waals surface area contributed by atoms with E-state index in [0.29, 0.717) is 0 Å². The number of aryl methyl sites for hydroxylation is 2. The van der Waals surface area contributed by atoms with Gasteiger partial charge in [0.25, 0.3) is 0 Å². The number of hydrogen-bond acceptors (Lipinski definition) is 4. The average molecular weight is 380 g/mol. The van der Waals surface area contributed by atoms with E-state index in [2.05, 4.69) is 64.8 Å². The van der Waals surface area contributed by atoms with E-state index in [0.717, 1.165) is 44.8 Å². The van der Waals surface area contributed by atoms with Gasteiger partial charge in [-0.15, -0.1) is 11.3 Å². The molecule has 4 rings (SSSR count). The van der Waals surface area contributed by atoms with Crippen LogP contribution >= 0.6 is 22.9 Å². The number of halogens is 1. The Morgan fingerprint density at radius 2 is 1.81 bits per heavy atom. The van der Waals surface area contributed by atoms with Crippen LogP contribution in [0.1, 0.15) is 18.1 Å². The summed E-state index contributed by atoms with van der Waals surface area (Å²) in [5.41, 5.74) is 5.78. The van der Waals surface area contributed by atoms with Crippen LogP contribution in [0.4, 0.5) is 11.5 Å². The largest absolute Gasteiger partial charge is 0.339 e. The van der Waals surface area contributed by atoms with E-state index in [1.807, 2.05) is 18.2 Å². The van der Waals surface area contributed by atoms with Crippen LogP contribution in [0.25, 0.3) is 21.3 Å². The lowest BCUT2D eigenvalue weighted by Crippen LogP contribution is -1.98. The lowest BCUT2D eigenvalue weighted by atomic mass is 10.0. The Kier molecular flexibility index (Phi) is 4.62. The number of fused-ring (bicyclic) bond motifs is 1. The third-order valence-corrected chi connectivity index (χ3v) is 5.52. The van der Waals surface area contributed by atoms with Crippen molar-refractivity contribution in [1.82, 2.24) is 9.97 Å². The van der Waals surface area contributed by atoms with Crippen molar-refractivity contribution >= 4 is 44.7 Å². The molecule has 0 radical (unpaired) electrons. The van der Waals surface area contributed by atoms with E-state index >= 15 is 0 Å². The normalized spacial score (nSPS) is 11.0. The molecule has 4 aromatic rings. The molecule has 3 nitrogen and oxygen atoms in total. The first-order valence-corrected chi connectivity index (χ1v) is 9.78. The fourth-order valence-corrected chi connectivity index (χ4v) is 4.15. The number of hydrogen-bond donors (Lipinski definition) is 1. The second-order valence-corrected chi connectivity index (χ2v) is 7.36. The predicted octanol–water partition coefficient (Wildman–Crippen LogP) is 6.63. The van der Waals surface area contributed by atoms with Crippen molar-refractivity contribution in [3.05, 3.63) is 70.3 Å². The molecule has 0 aliphatic rings. The van der Waals surface area contributed by atoms with Gasteiger partial charge < -0.3 is 5.32 Å². The van der Waals surface area contributed by atoms with Gasteiger partial charge in [-0.2, -0.15) is 4.98 Å². The molecule has 5 heteroatoms. The summed E-state index contributed by atoms with van der Waals surface area (Å²) in [5.74, 6) is 0.741. The Bertz CT molecular complexity index is 1070. The zero-order valence-electron chi connectivity index (χ0n) is 14.6. The van der Waals surface area contributed by atoms with Gasteiger partial charge in [0.1, 0.15) is 10.6 Å². The number of aromatic nitrogens is 2. The molecule has 0 aliphatic carbocycles. The van der Waals surface area contributed by atoms with E-state index in [9.17, 15) is 0 Å². The van der Waals surface area contributed by atoms with Crippen LogP contribution in [-0.4, -0.2) is 9.97 Å². The molecule has 0 unspecified atom stereocenters. The topological polar surface area (TPSA) is 37.8 Å². The number of nitrogens with one attached hydrogen (secondary N) is 1. The van der Waals surface area contributed by atoms with Crippen LogP contribution < -0.4 is 5.32 Å². The molecule has 0 fully saturated rings. The van der Waals surface area contributed by atoms with Gasteiger partial charge in [-0.05, 0) is 47.7 Å². The smallest absolute Gasteiger partial charge is 0.225 e. The Morgan fingerprint density at radius 3 is 2.54 bits per heavy atom. The van der Waals surface area contributed by atoms with Crippen LogP contribution in [0.3, 0.4) is 0 Å². The van der Waals surface area contributed by atoms with Crippen molar-refractivity contribution in [2.45, 2.75) is 20.3 Å². The third-order valence-electron chi connectivity index (χ3n) is 4.48. The fraction of sp³-hybridized carbons (Fsp3) is 0.143. The molecule has 0 atom stereocenters. The van der Waals surface area contributed by atoms with Gasteiger partial charge in [-0.25, -0.2) is 4.98 Å². The van der Waals surface area contributed by atoms with Crippen LogP contribution in [0.5, 0.6) is 0 Å². The maximum Gasteiger partial charge on any atom is 0.225 e. The molecule has 0 bridgehead atoms. The summed E-state index contributed by atoms with van der Waals surface area (Å²) < 4.78 is 0. The first kappa shape index (κ1) is 17.0. The first-order chi connectivity index (χ1) is 12.7. The number of anilines is 2. The van der Waals surface area contributed by atoms with Gasteiger partial charge >= 0.3 is 0 Å². The van der Waals surface area contributed by atoms with Crippen LogP contribution in [0, 0.1) is 6.92 Å². The SMILES string of the molecule is CCc1ccc(-c2csc3nc(Cl)nc(Nc4ccccc4C)c23)cc1. The molecule has 130 valence electrons. The van der Waals surface area contributed by atoms with E-state index < -0.39 is 0 Å². The average Bonchev–Trinajstić information content (AvgIpc) is 3.07. The minimum atomic E-state index is 0.253. The van der Waals surface area contributed by atoms with Crippen molar-refractivity contribution in [3.63, 3.8) is 0 Å². The van der Waals surface area contributed by atoms with Gasteiger partial charge in [-0.3, -0.25) is 0 Å². The Labute approximate surface area is 161 Å². The second kappa shape index (κ2) is 7.06. The highest BCUT2D eigenvalue weighted by Gasteiger charge is 2.15. The monoisotopic (exact) mass is 379 g/mol. The predicted molar refractivity (Wildman–Crippen MR) is 112 cm³/mol. The molecular weight excluding hydrogens is 362 g/mol. The lowest BCUT2D eigenvalue weighted by Gasteiger charge is -2.11. The van der Waals surface area contributed by atoms with E-state index in [4.69, 9.17) is 11.6 Å². The standard InChI is InChI=1S/C21H18ClN3S/c1-3-14-8-10-15(11-9-14)16-12-26-20-18(16)19(24-21(22)25-20)23-17-7-5-4-6-13(17)2/h4-12H,3H2,1-2H3,(H,23,24,25). The van der Waals surface area contributed by atoms with Crippen molar-refractivity contribution in [2.75, 3.05) is 5.32 Å². The highest BCUT2D eigenvalue weighted by molar-refractivity contribution is 7.17. The molecule has 2 heterocycles. The Hall–Kier alpha value is -2.43. The molecule has 0 aliphatic heterocycles. The highest BCUT2D eigenvalue weighted by Crippen LogP contribution is 2.38. The van der Waals surface area contributed by atoms with Crippen LogP contribution in [0.2, 0.25) is 5.28 Å². The van der Waals surface area contributed by atoms with Crippen LogP contribution in [-0.2, 0) is 6.42 Å². The van der Waals surface area contributed by atoms with Gasteiger partial charge in [0.15, 0.2) is 0 Å². The Balaban J connectivity index is 1.86. The summed E-state index contributed by atoms with van der Waals surface area (Å²) in [6.45, 7) is 4.23. The molecule has 1 N–H and O–H groups in total. The Morgan fingerprint density at radius 1 is 1.04 bits per heavy atom. The van der Waals surface area contributed by atoms with Gasteiger partial charge in [0, 0.05) is 16.6 Å². The summed E-state index contributed by atoms with van der Waals surface area (Å²) in [7, 11) is 0. The quantitative estimate of drug-likeness (QED) is 0.404. The number of para-hydroxylation sites is 1. The van der Waals surface area contributed by atoms with Gasteiger partial charge in [0.2, 0.25) is 5.28 Å². The summed E-state index contributed by atoms with van der Waals surface area (Å²) in [5, 5.41) is 6.83. The van der Waals surface area contributed by atoms with E-state index in [-0.39, 0.29) is 5.28 Å². The molecular formula is C21H18ClN3S. The van der Waals surface area contributed by atoms with Crippen LogP contribution in [0.15, 0.2) is 53.9 Å². The third kappa shape index (κ3) is 3.18. The highest BCUT2D eigenvalue weighted by atomic mass is 35.5. The molecule has 0 amide bonds. The molecule has 2 aromatic heterocycles. The summed E-state index contributed by atoms with van der Waals surface area (Å²) in [4.78, 5) is 9.78. The van der Waals surface area contributed by atoms with E-state index in [1.165, 1.54) is 5.56 Å². The van der Waals surface area contributed by atoms with Crippen molar-refractivity contribution in [3.8, 4) is 11.1 Å². The zero-order valence-corrected chi connectivity index (χ0v) is 16.2. The summed E-state index contributed by atoms with van der Waals surface area (Å²) in [6.07, 6.45) is 1.03. The molecule has 26 heavy (non-hydrogen) atoms. The maximum atomic E-state index is 6.17. The van der Waals surface area contributed by atoms with Gasteiger partial charge in [0.05, 0.1) is 5.39 Å². The molecule has 2 aromatic carbocycles. The van der Waals surface area contributed by atoms with E-state index in [1.54, 1.807) is 11.3 Å². The number of thiophene rings is 1. The summed E-state index contributed by atoms with van der Waals surface area (Å²) in [6, 6.07) is 16.8. The summed E-state index contributed by atoms with van der Waals surface area (Å²) >= 11 is 7.76. The van der Waals surface area contributed by atoms with Crippen molar-refractivity contribution in [2.24, 2.45) is 0 Å². The number of benzene rings is 2. The van der Waals surface area contributed by atoms with Crippen molar-refractivity contribution < 1.29 is 0 Å². The minimum absolute atomic E-state index is 0.253. The lowest BCUT2D eigenvalue weighted by molar-refractivity contribution is 1.14. The fourth-order valence-electron chi connectivity index (χ4n) is 2.98. The van der Waals surface area contributed by atoms with Crippen molar-refractivity contribution in [1.29, 1.82) is 0 Å². The number of nitrogens with zero attached hydrogens (tertiary/aromatic N) is 2. The number of rotatable bonds is 4. The second-order valence-electron chi connectivity index (χ2n) is 6.16. The molecule has 0 spiro atoms. The van der Waals surface area contributed by atoms with Gasteiger partial charge in [-0.1, -0.05) is 49.4 Å². The molecule has 0 saturated heterocycles. The minimum Gasteiger partial charge on any atom is -0.339 e. The zero-order chi connectivity index (χ0) is 18.1. The molecule has 0 saturated carbocycles.